The number of halogens is 1. The Morgan fingerprint density at radius 3 is 2.21 bits per heavy atom. The van der Waals surface area contributed by atoms with Crippen molar-refractivity contribution in [2.24, 2.45) is 0 Å². The van der Waals surface area contributed by atoms with E-state index in [0.29, 0.717) is 33.2 Å². The van der Waals surface area contributed by atoms with E-state index in [4.69, 9.17) is 14.5 Å². The van der Waals surface area contributed by atoms with Gasteiger partial charge in [0, 0.05) is 18.7 Å². The average molecular weight is 457 g/mol. The van der Waals surface area contributed by atoms with Crippen LogP contribution >= 0.6 is 15.9 Å². The van der Waals surface area contributed by atoms with E-state index < -0.39 is 0 Å². The number of amides is 1. The Balaban J connectivity index is 1.73. The smallest absolute Gasteiger partial charge is 0.257 e. The lowest BCUT2D eigenvalue weighted by Crippen LogP contribution is -2.23. The third-order valence-corrected chi connectivity index (χ3v) is 5.68. The summed E-state index contributed by atoms with van der Waals surface area (Å²) in [5, 5.41) is 2.94. The first kappa shape index (κ1) is 19.4. The summed E-state index contributed by atoms with van der Waals surface area (Å²) >= 11 is 3.42. The van der Waals surface area contributed by atoms with Crippen molar-refractivity contribution in [3.8, 4) is 11.5 Å². The number of hydrogen-bond donors (Lipinski definition) is 1. The molecule has 1 amide bonds. The molecule has 1 aliphatic heterocycles. The van der Waals surface area contributed by atoms with Crippen LogP contribution < -0.4 is 19.7 Å². The number of fused-ring (bicyclic) bond motifs is 1. The highest BCUT2D eigenvalue weighted by Gasteiger charge is 2.22. The van der Waals surface area contributed by atoms with E-state index >= 15 is 0 Å². The number of para-hydroxylation sites is 2. The minimum Gasteiger partial charge on any atom is -0.495 e. The van der Waals surface area contributed by atoms with Gasteiger partial charge in [-0.1, -0.05) is 12.1 Å². The third-order valence-electron chi connectivity index (χ3n) is 4.90. The molecule has 0 spiro atoms. The van der Waals surface area contributed by atoms with E-state index in [1.807, 2.05) is 24.3 Å². The molecule has 1 N–H and O–H groups in total. The zero-order valence-electron chi connectivity index (χ0n) is 16.2. The van der Waals surface area contributed by atoms with Crippen LogP contribution in [0, 0.1) is 0 Å². The van der Waals surface area contributed by atoms with Crippen LogP contribution in [-0.2, 0) is 0 Å². The molecule has 0 radical (unpaired) electrons. The van der Waals surface area contributed by atoms with Gasteiger partial charge in [-0.2, -0.15) is 0 Å². The number of carbonyl (C=O) groups excluding carboxylic acids is 1. The van der Waals surface area contributed by atoms with Crippen molar-refractivity contribution in [1.29, 1.82) is 0 Å². The monoisotopic (exact) mass is 456 g/mol. The Bertz CT molecular complexity index is 1040. The van der Waals surface area contributed by atoms with Gasteiger partial charge in [-0.15, -0.1) is 0 Å². The van der Waals surface area contributed by atoms with Crippen LogP contribution in [0.3, 0.4) is 0 Å². The lowest BCUT2D eigenvalue weighted by Gasteiger charge is -2.20. The molecule has 7 nitrogen and oxygen atoms in total. The molecule has 150 valence electrons. The van der Waals surface area contributed by atoms with E-state index in [0.717, 1.165) is 37.0 Å². The molecule has 29 heavy (non-hydrogen) atoms. The van der Waals surface area contributed by atoms with Crippen LogP contribution in [0.4, 0.5) is 11.6 Å². The molecule has 0 aliphatic carbocycles. The largest absolute Gasteiger partial charge is 0.495 e. The zero-order valence-corrected chi connectivity index (χ0v) is 17.8. The van der Waals surface area contributed by atoms with Gasteiger partial charge in [0.25, 0.3) is 5.91 Å². The predicted octanol–water partition coefficient (Wildman–Crippen LogP) is 4.26. The minimum absolute atomic E-state index is 0.306. The highest BCUT2D eigenvalue weighted by Crippen LogP contribution is 2.36. The molecule has 2 heterocycles. The highest BCUT2D eigenvalue weighted by molar-refractivity contribution is 9.10. The van der Waals surface area contributed by atoms with E-state index in [-0.39, 0.29) is 5.91 Å². The van der Waals surface area contributed by atoms with E-state index in [1.54, 1.807) is 26.4 Å². The minimum atomic E-state index is -0.306. The Hall–Kier alpha value is -2.87. The molecule has 1 aromatic heterocycles. The summed E-state index contributed by atoms with van der Waals surface area (Å²) in [7, 11) is 3.09. The maximum Gasteiger partial charge on any atom is 0.257 e. The first-order valence-electron chi connectivity index (χ1n) is 9.35. The topological polar surface area (TPSA) is 76.6 Å². The first-order chi connectivity index (χ1) is 14.1. The SMILES string of the molecule is COc1cc(C(=O)Nc2nc3ccccc3nc2N2CCCC2)cc(OC)c1Br. The molecule has 4 rings (SSSR count). The molecule has 3 aromatic rings. The van der Waals surface area contributed by atoms with Gasteiger partial charge in [0.05, 0.1) is 25.3 Å². The van der Waals surface area contributed by atoms with Gasteiger partial charge in [-0.25, -0.2) is 9.97 Å². The fourth-order valence-corrected chi connectivity index (χ4v) is 3.96. The summed E-state index contributed by atoms with van der Waals surface area (Å²) in [4.78, 5) is 24.7. The number of hydrogen-bond acceptors (Lipinski definition) is 6. The van der Waals surface area contributed by atoms with Gasteiger partial charge in [0.1, 0.15) is 16.0 Å². The quantitative estimate of drug-likeness (QED) is 0.617. The second kappa shape index (κ2) is 8.24. The first-order valence-corrected chi connectivity index (χ1v) is 10.1. The fraction of sp³-hybridized carbons (Fsp3) is 0.286. The van der Waals surface area contributed by atoms with Crippen molar-refractivity contribution in [2.45, 2.75) is 12.8 Å². The number of nitrogens with one attached hydrogen (secondary N) is 1. The van der Waals surface area contributed by atoms with Crippen LogP contribution in [0.25, 0.3) is 11.0 Å². The summed E-state index contributed by atoms with van der Waals surface area (Å²) < 4.78 is 11.4. The normalized spacial score (nSPS) is 13.6. The van der Waals surface area contributed by atoms with Gasteiger partial charge >= 0.3 is 0 Å². The van der Waals surface area contributed by atoms with Crippen molar-refractivity contribution in [2.75, 3.05) is 37.5 Å². The number of methoxy groups -OCH3 is 2. The predicted molar refractivity (Wildman–Crippen MR) is 116 cm³/mol. The molecular formula is C21H21BrN4O3. The summed E-state index contributed by atoms with van der Waals surface area (Å²) in [6.45, 7) is 1.80. The van der Waals surface area contributed by atoms with Crippen molar-refractivity contribution < 1.29 is 14.3 Å². The number of anilines is 2. The maximum absolute atomic E-state index is 13.0. The zero-order chi connectivity index (χ0) is 20.4. The molecule has 8 heteroatoms. The van der Waals surface area contributed by atoms with Crippen LogP contribution in [0.15, 0.2) is 40.9 Å². The van der Waals surface area contributed by atoms with Crippen molar-refractivity contribution in [3.63, 3.8) is 0 Å². The van der Waals surface area contributed by atoms with Crippen LogP contribution in [0.1, 0.15) is 23.2 Å². The standard InChI is InChI=1S/C21H21BrN4O3/c1-28-16-11-13(12-17(29-2)18(16)22)21(27)25-19-20(26-9-5-6-10-26)24-15-8-4-3-7-14(15)23-19/h3-4,7-8,11-12H,5-6,9-10H2,1-2H3,(H,23,25,27). The molecule has 2 aromatic carbocycles. The van der Waals surface area contributed by atoms with Crippen LogP contribution in [0.5, 0.6) is 11.5 Å². The lowest BCUT2D eigenvalue weighted by atomic mass is 10.2. The maximum atomic E-state index is 13.0. The van der Waals surface area contributed by atoms with Crippen molar-refractivity contribution >= 4 is 44.5 Å². The van der Waals surface area contributed by atoms with Gasteiger partial charge in [0.15, 0.2) is 11.6 Å². The molecule has 0 bridgehead atoms. The summed E-state index contributed by atoms with van der Waals surface area (Å²) in [5.74, 6) is 1.87. The summed E-state index contributed by atoms with van der Waals surface area (Å²) in [6, 6.07) is 11.0. The number of ether oxygens (including phenoxy) is 2. The van der Waals surface area contributed by atoms with Gasteiger partial charge in [-0.05, 0) is 53.0 Å². The van der Waals surface area contributed by atoms with Crippen molar-refractivity contribution in [3.05, 3.63) is 46.4 Å². The second-order valence-corrected chi connectivity index (χ2v) is 7.52. The van der Waals surface area contributed by atoms with Gasteiger partial charge in [0.2, 0.25) is 0 Å². The third kappa shape index (κ3) is 3.85. The molecule has 1 saturated heterocycles. The van der Waals surface area contributed by atoms with Crippen LogP contribution in [0.2, 0.25) is 0 Å². The van der Waals surface area contributed by atoms with Gasteiger partial charge < -0.3 is 19.7 Å². The average Bonchev–Trinajstić information content (AvgIpc) is 3.28. The Morgan fingerprint density at radius 2 is 1.62 bits per heavy atom. The van der Waals surface area contributed by atoms with Crippen LogP contribution in [-0.4, -0.2) is 43.2 Å². The molecular weight excluding hydrogens is 436 g/mol. The van der Waals surface area contributed by atoms with Crippen molar-refractivity contribution in [1.82, 2.24) is 9.97 Å². The lowest BCUT2D eigenvalue weighted by molar-refractivity contribution is 0.102. The number of benzene rings is 2. The van der Waals surface area contributed by atoms with Gasteiger partial charge in [-0.3, -0.25) is 4.79 Å². The molecule has 1 aliphatic rings. The molecule has 0 atom stereocenters. The fourth-order valence-electron chi connectivity index (χ4n) is 3.40. The number of carbonyl (C=O) groups is 1. The summed E-state index contributed by atoms with van der Waals surface area (Å²) in [6.07, 6.45) is 2.20. The number of aromatic nitrogens is 2. The molecule has 0 saturated carbocycles. The Labute approximate surface area is 177 Å². The second-order valence-electron chi connectivity index (χ2n) is 6.73. The number of rotatable bonds is 5. The Morgan fingerprint density at radius 1 is 1.03 bits per heavy atom. The molecule has 0 unspecified atom stereocenters. The number of nitrogens with zero attached hydrogens (tertiary/aromatic N) is 3. The summed E-state index contributed by atoms with van der Waals surface area (Å²) in [5.41, 5.74) is 1.94. The highest BCUT2D eigenvalue weighted by atomic mass is 79.9. The van der Waals surface area contributed by atoms with E-state index in [1.165, 1.54) is 0 Å². The molecule has 1 fully saturated rings. The van der Waals surface area contributed by atoms with E-state index in [9.17, 15) is 4.79 Å². The Kier molecular flexibility index (Phi) is 5.53. The van der Waals surface area contributed by atoms with E-state index in [2.05, 4.69) is 31.1 Å².